The van der Waals surface area contributed by atoms with E-state index in [0.717, 1.165) is 9.87 Å². The van der Waals surface area contributed by atoms with Gasteiger partial charge in [0.05, 0.1) is 10.6 Å². The van der Waals surface area contributed by atoms with Crippen molar-refractivity contribution in [2.45, 2.75) is 11.3 Å². The Balaban J connectivity index is 1.75. The molecule has 156 valence electrons. The van der Waals surface area contributed by atoms with Crippen molar-refractivity contribution in [1.82, 2.24) is 5.32 Å². The first kappa shape index (κ1) is 22.2. The highest BCUT2D eigenvalue weighted by molar-refractivity contribution is 7.92. The first-order chi connectivity index (χ1) is 14.4. The van der Waals surface area contributed by atoms with Gasteiger partial charge in [0.1, 0.15) is 6.54 Å². The Bertz CT molecular complexity index is 1100. The second-order valence-corrected chi connectivity index (χ2v) is 9.27. The molecule has 8 heteroatoms. The molecule has 0 aliphatic heterocycles. The summed E-state index contributed by atoms with van der Waals surface area (Å²) in [5.74, 6) is -0.413. The minimum absolute atomic E-state index is 0.0962. The summed E-state index contributed by atoms with van der Waals surface area (Å²) in [6.45, 7) is 0.00736. The van der Waals surface area contributed by atoms with Crippen molar-refractivity contribution in [3.05, 3.63) is 94.5 Å². The molecular weight excluding hydrogens is 443 g/mol. The largest absolute Gasteiger partial charge is 0.354 e. The molecule has 0 radical (unpaired) electrons. The summed E-state index contributed by atoms with van der Waals surface area (Å²) in [4.78, 5) is 12.7. The predicted molar refractivity (Wildman–Crippen MR) is 121 cm³/mol. The molecule has 0 saturated heterocycles. The highest BCUT2D eigenvalue weighted by Crippen LogP contribution is 2.25. The number of hydrogen-bond acceptors (Lipinski definition) is 3. The molecule has 3 aromatic carbocycles. The van der Waals surface area contributed by atoms with Crippen LogP contribution < -0.4 is 9.62 Å². The number of rotatable bonds is 8. The van der Waals surface area contributed by atoms with Crippen molar-refractivity contribution in [2.75, 3.05) is 17.4 Å². The average molecular weight is 463 g/mol. The lowest BCUT2D eigenvalue weighted by atomic mass is 10.1. The molecule has 5 nitrogen and oxygen atoms in total. The zero-order valence-electron chi connectivity index (χ0n) is 16.0. The predicted octanol–water partition coefficient (Wildman–Crippen LogP) is 4.55. The number of nitrogens with zero attached hydrogens (tertiary/aromatic N) is 1. The molecule has 3 aromatic rings. The van der Waals surface area contributed by atoms with Crippen molar-refractivity contribution in [1.29, 1.82) is 0 Å². The second-order valence-electron chi connectivity index (χ2n) is 6.53. The SMILES string of the molecule is O=C(CN(c1cccc(Cl)c1)S(=O)(=O)c1ccccc1)NCCc1ccc(Cl)cc1. The molecule has 0 spiro atoms. The number of hydrogen-bond donors (Lipinski definition) is 1. The number of carbonyl (C=O) groups excluding carboxylic acids is 1. The maximum absolute atomic E-state index is 13.2. The van der Waals surface area contributed by atoms with Crippen LogP contribution in [-0.4, -0.2) is 27.4 Å². The Kier molecular flexibility index (Phi) is 7.37. The molecule has 30 heavy (non-hydrogen) atoms. The average Bonchev–Trinajstić information content (AvgIpc) is 2.74. The third kappa shape index (κ3) is 5.75. The standard InChI is InChI=1S/C22H20Cl2N2O3S/c23-18-11-9-17(10-12-18)13-14-25-22(27)16-26(20-6-4-5-19(24)15-20)30(28,29)21-7-2-1-3-8-21/h1-12,15H,13-14,16H2,(H,25,27). The van der Waals surface area contributed by atoms with E-state index in [-0.39, 0.29) is 11.4 Å². The van der Waals surface area contributed by atoms with Gasteiger partial charge in [-0.25, -0.2) is 8.42 Å². The molecule has 0 unspecified atom stereocenters. The number of sulfonamides is 1. The molecule has 0 aliphatic rings. The molecule has 0 heterocycles. The minimum atomic E-state index is -3.95. The van der Waals surface area contributed by atoms with Gasteiger partial charge in [-0.15, -0.1) is 0 Å². The van der Waals surface area contributed by atoms with Crippen LogP contribution in [0, 0.1) is 0 Å². The van der Waals surface area contributed by atoms with Gasteiger partial charge in [0, 0.05) is 16.6 Å². The number of anilines is 1. The molecule has 0 aromatic heterocycles. The van der Waals surface area contributed by atoms with Crippen LogP contribution in [0.1, 0.15) is 5.56 Å². The number of halogens is 2. The summed E-state index contributed by atoms with van der Waals surface area (Å²) in [6.07, 6.45) is 0.603. The van der Waals surface area contributed by atoms with E-state index in [1.54, 1.807) is 48.5 Å². The molecule has 1 amide bonds. The number of carbonyl (C=O) groups is 1. The van der Waals surface area contributed by atoms with Crippen molar-refractivity contribution < 1.29 is 13.2 Å². The first-order valence-corrected chi connectivity index (χ1v) is 11.4. The van der Waals surface area contributed by atoms with E-state index in [9.17, 15) is 13.2 Å². The summed E-state index contributed by atoms with van der Waals surface area (Å²) in [7, 11) is -3.95. The highest BCUT2D eigenvalue weighted by Gasteiger charge is 2.27. The van der Waals surface area contributed by atoms with E-state index in [0.29, 0.717) is 28.7 Å². The number of amides is 1. The fourth-order valence-electron chi connectivity index (χ4n) is 2.85. The van der Waals surface area contributed by atoms with Crippen LogP contribution in [0.3, 0.4) is 0 Å². The van der Waals surface area contributed by atoms with Gasteiger partial charge in [0.25, 0.3) is 10.0 Å². The van der Waals surface area contributed by atoms with E-state index in [2.05, 4.69) is 5.32 Å². The lowest BCUT2D eigenvalue weighted by Crippen LogP contribution is -2.41. The number of benzene rings is 3. The van der Waals surface area contributed by atoms with Crippen molar-refractivity contribution in [3.8, 4) is 0 Å². The van der Waals surface area contributed by atoms with Crippen LogP contribution in [0.15, 0.2) is 83.8 Å². The Morgan fingerprint density at radius 1 is 0.867 bits per heavy atom. The Labute approximate surface area is 186 Å². The molecule has 0 bridgehead atoms. The van der Waals surface area contributed by atoms with Gasteiger partial charge in [0.15, 0.2) is 0 Å². The maximum Gasteiger partial charge on any atom is 0.264 e. The Hall–Kier alpha value is -2.54. The summed E-state index contributed by atoms with van der Waals surface area (Å²) in [5.41, 5.74) is 1.34. The van der Waals surface area contributed by atoms with Crippen LogP contribution in [0.25, 0.3) is 0 Å². The van der Waals surface area contributed by atoms with Gasteiger partial charge in [0.2, 0.25) is 5.91 Å². The molecule has 1 N–H and O–H groups in total. The second kappa shape index (κ2) is 9.98. The Morgan fingerprint density at radius 2 is 1.57 bits per heavy atom. The lowest BCUT2D eigenvalue weighted by molar-refractivity contribution is -0.119. The lowest BCUT2D eigenvalue weighted by Gasteiger charge is -2.24. The van der Waals surface area contributed by atoms with Gasteiger partial charge < -0.3 is 5.32 Å². The molecule has 0 saturated carbocycles. The van der Waals surface area contributed by atoms with E-state index in [4.69, 9.17) is 23.2 Å². The fourth-order valence-corrected chi connectivity index (χ4v) is 4.59. The van der Waals surface area contributed by atoms with Gasteiger partial charge >= 0.3 is 0 Å². The summed E-state index contributed by atoms with van der Waals surface area (Å²) >= 11 is 11.9. The maximum atomic E-state index is 13.2. The van der Waals surface area contributed by atoms with Crippen molar-refractivity contribution in [3.63, 3.8) is 0 Å². The van der Waals surface area contributed by atoms with Crippen molar-refractivity contribution in [2.24, 2.45) is 0 Å². The molecule has 0 fully saturated rings. The zero-order chi connectivity index (χ0) is 21.6. The molecule has 0 atom stereocenters. The van der Waals surface area contributed by atoms with Gasteiger partial charge in [-0.05, 0) is 54.4 Å². The fraction of sp³-hybridized carbons (Fsp3) is 0.136. The van der Waals surface area contributed by atoms with E-state index < -0.39 is 15.9 Å². The summed E-state index contributed by atoms with van der Waals surface area (Å²) in [6, 6.07) is 21.7. The monoisotopic (exact) mass is 462 g/mol. The van der Waals surface area contributed by atoms with Crippen LogP contribution in [0.5, 0.6) is 0 Å². The Morgan fingerprint density at radius 3 is 2.23 bits per heavy atom. The van der Waals surface area contributed by atoms with Crippen LogP contribution in [-0.2, 0) is 21.2 Å². The van der Waals surface area contributed by atoms with Gasteiger partial charge in [-0.3, -0.25) is 9.10 Å². The third-order valence-corrected chi connectivity index (χ3v) is 6.64. The van der Waals surface area contributed by atoms with E-state index in [1.165, 1.54) is 18.2 Å². The van der Waals surface area contributed by atoms with Crippen LogP contribution >= 0.6 is 23.2 Å². The molecular formula is C22H20Cl2N2O3S. The molecule has 0 aliphatic carbocycles. The minimum Gasteiger partial charge on any atom is -0.354 e. The van der Waals surface area contributed by atoms with Crippen molar-refractivity contribution >= 4 is 44.8 Å². The first-order valence-electron chi connectivity index (χ1n) is 9.21. The van der Waals surface area contributed by atoms with E-state index >= 15 is 0 Å². The van der Waals surface area contributed by atoms with Gasteiger partial charge in [-0.2, -0.15) is 0 Å². The smallest absolute Gasteiger partial charge is 0.264 e. The summed E-state index contributed by atoms with van der Waals surface area (Å²) < 4.78 is 27.5. The summed E-state index contributed by atoms with van der Waals surface area (Å²) in [5, 5.41) is 3.80. The molecule has 3 rings (SSSR count). The highest BCUT2D eigenvalue weighted by atomic mass is 35.5. The van der Waals surface area contributed by atoms with Crippen LogP contribution in [0.4, 0.5) is 5.69 Å². The third-order valence-electron chi connectivity index (χ3n) is 4.36. The topological polar surface area (TPSA) is 66.5 Å². The zero-order valence-corrected chi connectivity index (χ0v) is 18.3. The van der Waals surface area contributed by atoms with E-state index in [1.807, 2.05) is 12.1 Å². The number of nitrogens with one attached hydrogen (secondary N) is 1. The van der Waals surface area contributed by atoms with Gasteiger partial charge in [-0.1, -0.05) is 59.6 Å². The normalized spacial score (nSPS) is 11.1. The quantitative estimate of drug-likeness (QED) is 0.533. The van der Waals surface area contributed by atoms with Crippen LogP contribution in [0.2, 0.25) is 10.0 Å².